The summed E-state index contributed by atoms with van der Waals surface area (Å²) in [6.07, 6.45) is 0. The van der Waals surface area contributed by atoms with E-state index in [9.17, 15) is 73.4 Å². The van der Waals surface area contributed by atoms with E-state index < -0.39 is 162 Å². The molecule has 0 spiro atoms. The maximum atomic E-state index is 12.8. The number of hydrogen-bond acceptors (Lipinski definition) is 26. The number of sulfone groups is 3. The molecule has 0 amide bonds. The van der Waals surface area contributed by atoms with Gasteiger partial charge in [0.15, 0.2) is 25.6 Å². The fourth-order valence-electron chi connectivity index (χ4n) is 4.93. The van der Waals surface area contributed by atoms with Crippen molar-refractivity contribution in [3.8, 4) is 0 Å². The molecule has 0 aliphatic carbocycles. The van der Waals surface area contributed by atoms with Crippen LogP contribution in [0.1, 0.15) is 10.4 Å². The molecule has 0 unspecified atom stereocenters. The van der Waals surface area contributed by atoms with E-state index in [1.54, 1.807) is 0 Å². The largest absolute Gasteiger partial charge is 0.478 e. The number of anilines is 2. The summed E-state index contributed by atoms with van der Waals surface area (Å²) in [7, 11) is -34.0. The van der Waals surface area contributed by atoms with Crippen LogP contribution in [0, 0.1) is 0 Å². The van der Waals surface area contributed by atoms with Gasteiger partial charge >= 0.3 is 37.2 Å². The number of carboxylic acids is 1. The summed E-state index contributed by atoms with van der Waals surface area (Å²) in [6, 6.07) is 9.55. The standard InChI is InChI=1S/C30H30N8O23S7/c31-25-27(36-33-17-3-7-20(8-4-17)64(45,46)16-61-68(56,57)58)24(30(39)40)28(26(32)29(25)38-34-18-1-5-19(6-2-18)62(41,42)13-11-59-66(50,51)52)37-35-22-10-9-21(15-23(22)65(47,48)49)63(43,44)14-12-60-67(53,54)55/h1-10,15H,11-14,16,31-32H2,(H,39,40)(H,47,48,49)(H,50,51,52)(H,53,54,55)(H,56,57,58). The van der Waals surface area contributed by atoms with Crippen molar-refractivity contribution in [3.05, 3.63) is 72.3 Å². The summed E-state index contributed by atoms with van der Waals surface area (Å²) in [5.41, 5.74) is 6.24. The highest BCUT2D eigenvalue weighted by Crippen LogP contribution is 2.49. The van der Waals surface area contributed by atoms with E-state index >= 15 is 0 Å². The third-order valence-corrected chi connectivity index (χ3v) is 15.1. The SMILES string of the molecule is Nc1c(N=Nc2ccc(S(=O)(=O)CCOS(=O)(=O)O)cc2)c(N)c(N=Nc2ccc(S(=O)(=O)CCOS(=O)(=O)O)cc2S(=O)(=O)O)c(C(=O)O)c1N=Nc1ccc(S(=O)(=O)COS(=O)(=O)O)cc1. The first-order chi connectivity index (χ1) is 31.1. The average molecular weight is 1100 g/mol. The van der Waals surface area contributed by atoms with Crippen LogP contribution in [0.25, 0.3) is 0 Å². The summed E-state index contributed by atoms with van der Waals surface area (Å²) >= 11 is 0. The third-order valence-electron chi connectivity index (χ3n) is 7.98. The number of benzene rings is 4. The van der Waals surface area contributed by atoms with E-state index in [4.69, 9.17) is 25.1 Å². The molecule has 38 heteroatoms. The smallest absolute Gasteiger partial charge is 0.398 e. The second kappa shape index (κ2) is 20.8. The van der Waals surface area contributed by atoms with Crippen molar-refractivity contribution >= 4 is 122 Å². The zero-order chi connectivity index (χ0) is 51.3. The Bertz CT molecular complexity index is 3530. The van der Waals surface area contributed by atoms with Gasteiger partial charge in [-0.15, -0.1) is 20.5 Å². The molecule has 4 aromatic carbocycles. The van der Waals surface area contributed by atoms with Crippen molar-refractivity contribution < 1.29 is 99.6 Å². The summed E-state index contributed by atoms with van der Waals surface area (Å²) in [5.74, 6) is -5.49. The van der Waals surface area contributed by atoms with Crippen LogP contribution >= 0.6 is 0 Å². The summed E-state index contributed by atoms with van der Waals surface area (Å²) in [5, 5.41) is 33.1. The molecular weight excluding hydrogens is 1060 g/mol. The van der Waals surface area contributed by atoms with Crippen molar-refractivity contribution in [2.24, 2.45) is 30.7 Å². The lowest BCUT2D eigenvalue weighted by molar-refractivity contribution is 0.0698. The Hall–Kier alpha value is -5.88. The molecule has 0 bridgehead atoms. The van der Waals surface area contributed by atoms with E-state index in [-0.39, 0.29) is 16.3 Å². The quantitative estimate of drug-likeness (QED) is 0.0338. The average Bonchev–Trinajstić information content (AvgIpc) is 3.20. The van der Waals surface area contributed by atoms with Crippen LogP contribution in [0.3, 0.4) is 0 Å². The first-order valence-corrected chi connectivity index (χ1v) is 27.7. The lowest BCUT2D eigenvalue weighted by Crippen LogP contribution is -2.16. The molecule has 0 atom stereocenters. The number of azo groups is 3. The van der Waals surface area contributed by atoms with E-state index in [0.717, 1.165) is 48.5 Å². The van der Waals surface area contributed by atoms with E-state index in [0.29, 0.717) is 18.2 Å². The number of nitrogen functional groups attached to an aromatic ring is 2. The van der Waals surface area contributed by atoms with Crippen molar-refractivity contribution in [3.63, 3.8) is 0 Å². The van der Waals surface area contributed by atoms with Crippen LogP contribution in [0.5, 0.6) is 0 Å². The first kappa shape index (κ1) is 54.7. The number of nitrogens with zero attached hydrogens (tertiary/aromatic N) is 6. The second-order valence-corrected chi connectivity index (χ2v) is 23.5. The normalized spacial score (nSPS) is 13.5. The number of carboxylic acid groups (broad SMARTS) is 1. The van der Waals surface area contributed by atoms with E-state index in [2.05, 4.69) is 43.2 Å². The van der Waals surface area contributed by atoms with E-state index in [1.807, 2.05) is 0 Å². The zero-order valence-corrected chi connectivity index (χ0v) is 38.9. The maximum Gasteiger partial charge on any atom is 0.398 e. The maximum absolute atomic E-state index is 12.8. The van der Waals surface area contributed by atoms with Crippen LogP contribution in [0.2, 0.25) is 0 Å². The lowest BCUT2D eigenvalue weighted by Gasteiger charge is -2.13. The minimum absolute atomic E-state index is 0.153. The van der Waals surface area contributed by atoms with Crippen LogP contribution in [-0.2, 0) is 83.4 Å². The Labute approximate surface area is 384 Å². The predicted octanol–water partition coefficient (Wildman–Crippen LogP) is 2.78. The van der Waals surface area contributed by atoms with Crippen LogP contribution in [0.4, 0.5) is 45.5 Å². The van der Waals surface area contributed by atoms with Gasteiger partial charge in [0.1, 0.15) is 33.2 Å². The highest BCUT2D eigenvalue weighted by atomic mass is 32.3. The van der Waals surface area contributed by atoms with Gasteiger partial charge in [-0.1, -0.05) is 0 Å². The second-order valence-electron chi connectivity index (χ2n) is 12.7. The van der Waals surface area contributed by atoms with E-state index in [1.165, 1.54) is 0 Å². The minimum Gasteiger partial charge on any atom is -0.478 e. The molecule has 4 aromatic rings. The van der Waals surface area contributed by atoms with Crippen molar-refractivity contribution in [1.82, 2.24) is 0 Å². The summed E-state index contributed by atoms with van der Waals surface area (Å²) < 4.78 is 214. The minimum atomic E-state index is -5.43. The van der Waals surface area contributed by atoms with Gasteiger partial charge in [0, 0.05) is 0 Å². The molecule has 4 rings (SSSR count). The highest BCUT2D eigenvalue weighted by molar-refractivity contribution is 7.92. The lowest BCUT2D eigenvalue weighted by atomic mass is 10.1. The Kier molecular flexibility index (Phi) is 16.7. The molecule has 31 nitrogen and oxygen atoms in total. The van der Waals surface area contributed by atoms with Gasteiger partial charge in [-0.3, -0.25) is 18.2 Å². The van der Waals surface area contributed by atoms with Gasteiger partial charge in [-0.05, 0) is 66.7 Å². The highest BCUT2D eigenvalue weighted by Gasteiger charge is 2.28. The molecule has 9 N–H and O–H groups in total. The van der Waals surface area contributed by atoms with Gasteiger partial charge < -0.3 is 16.6 Å². The molecule has 370 valence electrons. The van der Waals surface area contributed by atoms with Gasteiger partial charge in [-0.2, -0.15) is 43.9 Å². The van der Waals surface area contributed by atoms with Crippen LogP contribution in [-0.4, -0.2) is 119 Å². The van der Waals surface area contributed by atoms with Crippen LogP contribution in [0.15, 0.2) is 117 Å². The molecule has 0 saturated heterocycles. The summed E-state index contributed by atoms with van der Waals surface area (Å²) in [4.78, 5) is 9.76. The fourth-order valence-corrected chi connectivity index (χ4v) is 10.3. The molecule has 68 heavy (non-hydrogen) atoms. The molecule has 0 aliphatic rings. The Balaban J connectivity index is 1.88. The number of nitrogens with two attached hydrogens (primary N) is 2. The molecule has 0 aromatic heterocycles. The van der Waals surface area contributed by atoms with Gasteiger partial charge in [0.05, 0.1) is 62.2 Å². The Morgan fingerprint density at radius 3 is 1.28 bits per heavy atom. The van der Waals surface area contributed by atoms with Crippen LogP contribution < -0.4 is 11.5 Å². The van der Waals surface area contributed by atoms with Gasteiger partial charge in [0.2, 0.25) is 9.84 Å². The topological polar surface area (TPSA) is 511 Å². The third kappa shape index (κ3) is 15.3. The Morgan fingerprint density at radius 1 is 0.485 bits per heavy atom. The molecule has 0 fully saturated rings. The zero-order valence-electron chi connectivity index (χ0n) is 33.2. The van der Waals surface area contributed by atoms with Crippen molar-refractivity contribution in [1.29, 1.82) is 0 Å². The van der Waals surface area contributed by atoms with Gasteiger partial charge in [-0.25, -0.2) is 42.6 Å². The molecule has 0 heterocycles. The Morgan fingerprint density at radius 2 is 0.868 bits per heavy atom. The number of carbonyl (C=O) groups is 1. The van der Waals surface area contributed by atoms with Crippen molar-refractivity contribution in [2.45, 2.75) is 19.6 Å². The number of rotatable bonds is 22. The van der Waals surface area contributed by atoms with Crippen molar-refractivity contribution in [2.75, 3.05) is 42.1 Å². The van der Waals surface area contributed by atoms with Gasteiger partial charge in [0.25, 0.3) is 10.1 Å². The molecular formula is C30H30N8O23S7. The fraction of sp³-hybridized carbons (Fsp3) is 0.167. The number of aromatic carboxylic acids is 1. The monoisotopic (exact) mass is 1090 g/mol. The molecule has 0 aliphatic heterocycles. The molecule has 0 radical (unpaired) electrons. The number of hydrogen-bond donors (Lipinski definition) is 7. The predicted molar refractivity (Wildman–Crippen MR) is 228 cm³/mol. The molecule has 0 saturated carbocycles. The first-order valence-electron chi connectivity index (χ1n) is 17.2. The summed E-state index contributed by atoms with van der Waals surface area (Å²) in [6.45, 7) is -2.08.